The topological polar surface area (TPSA) is 47.1 Å². The molecular formula is C13H24N4. The van der Waals surface area contributed by atoms with Gasteiger partial charge in [-0.25, -0.2) is 0 Å². The molecule has 1 aliphatic heterocycles. The number of aryl methyl sites for hydroxylation is 2. The van der Waals surface area contributed by atoms with Crippen molar-refractivity contribution in [2.75, 3.05) is 23.7 Å². The molecular weight excluding hydrogens is 212 g/mol. The largest absolute Gasteiger partial charge is 0.394 e. The van der Waals surface area contributed by atoms with Gasteiger partial charge in [0.1, 0.15) is 5.82 Å². The average molecular weight is 236 g/mol. The van der Waals surface area contributed by atoms with E-state index in [1.807, 2.05) is 11.7 Å². The molecule has 2 atom stereocenters. The molecule has 0 bridgehead atoms. The number of nitrogen functional groups attached to an aromatic ring is 1. The van der Waals surface area contributed by atoms with Crippen molar-refractivity contribution in [1.82, 2.24) is 9.78 Å². The van der Waals surface area contributed by atoms with Crippen LogP contribution in [0.1, 0.15) is 32.9 Å². The molecule has 1 fully saturated rings. The van der Waals surface area contributed by atoms with E-state index in [0.29, 0.717) is 0 Å². The highest BCUT2D eigenvalue weighted by Gasteiger charge is 2.29. The third-order valence-corrected chi connectivity index (χ3v) is 3.90. The lowest BCUT2D eigenvalue weighted by molar-refractivity contribution is 0.494. The predicted molar refractivity (Wildman–Crippen MR) is 72.2 cm³/mol. The van der Waals surface area contributed by atoms with Gasteiger partial charge in [0.2, 0.25) is 0 Å². The lowest BCUT2D eigenvalue weighted by Gasteiger charge is -2.19. The molecule has 1 aliphatic rings. The van der Waals surface area contributed by atoms with Crippen molar-refractivity contribution < 1.29 is 0 Å². The number of hydrogen-bond acceptors (Lipinski definition) is 3. The summed E-state index contributed by atoms with van der Waals surface area (Å²) in [6, 6.07) is 0. The van der Waals surface area contributed by atoms with Crippen molar-refractivity contribution in [2.45, 2.75) is 33.6 Å². The zero-order chi connectivity index (χ0) is 12.6. The van der Waals surface area contributed by atoms with Gasteiger partial charge in [-0.05, 0) is 18.3 Å². The van der Waals surface area contributed by atoms with Crippen molar-refractivity contribution in [2.24, 2.45) is 18.9 Å². The van der Waals surface area contributed by atoms with E-state index in [2.05, 4.69) is 30.8 Å². The van der Waals surface area contributed by atoms with E-state index in [1.54, 1.807) is 0 Å². The molecule has 2 rings (SSSR count). The minimum absolute atomic E-state index is 0.735. The molecule has 2 unspecified atom stereocenters. The highest BCUT2D eigenvalue weighted by molar-refractivity contribution is 5.67. The quantitative estimate of drug-likeness (QED) is 0.873. The van der Waals surface area contributed by atoms with Gasteiger partial charge in [0.25, 0.3) is 0 Å². The minimum Gasteiger partial charge on any atom is -0.394 e. The zero-order valence-electron chi connectivity index (χ0n) is 11.4. The highest BCUT2D eigenvalue weighted by atomic mass is 15.4. The Morgan fingerprint density at radius 2 is 1.88 bits per heavy atom. The van der Waals surface area contributed by atoms with Crippen LogP contribution < -0.4 is 10.6 Å². The van der Waals surface area contributed by atoms with Gasteiger partial charge in [-0.15, -0.1) is 0 Å². The summed E-state index contributed by atoms with van der Waals surface area (Å²) in [4.78, 5) is 2.39. The van der Waals surface area contributed by atoms with Crippen LogP contribution >= 0.6 is 0 Å². The molecule has 1 saturated heterocycles. The van der Waals surface area contributed by atoms with Crippen LogP contribution in [0.4, 0.5) is 11.5 Å². The molecule has 0 spiro atoms. The molecule has 0 aliphatic carbocycles. The summed E-state index contributed by atoms with van der Waals surface area (Å²) in [5, 5.41) is 4.54. The molecule has 4 heteroatoms. The summed E-state index contributed by atoms with van der Waals surface area (Å²) in [5.74, 6) is 2.59. The molecule has 1 aromatic heterocycles. The Bertz CT molecular complexity index is 386. The van der Waals surface area contributed by atoms with Crippen molar-refractivity contribution in [1.29, 1.82) is 0 Å². The molecule has 96 valence electrons. The van der Waals surface area contributed by atoms with E-state index in [9.17, 15) is 0 Å². The number of hydrogen-bond donors (Lipinski definition) is 1. The van der Waals surface area contributed by atoms with Crippen molar-refractivity contribution in [3.05, 3.63) is 5.69 Å². The third kappa shape index (κ3) is 2.13. The second kappa shape index (κ2) is 4.59. The van der Waals surface area contributed by atoms with Gasteiger partial charge in [-0.2, -0.15) is 5.10 Å². The Kier molecular flexibility index (Phi) is 3.31. The Balaban J connectivity index is 2.27. The van der Waals surface area contributed by atoms with E-state index >= 15 is 0 Å². The summed E-state index contributed by atoms with van der Waals surface area (Å²) in [7, 11) is 2.00. The molecule has 2 N–H and O–H groups in total. The minimum atomic E-state index is 0.735. The Labute approximate surface area is 104 Å². The number of aromatic nitrogens is 2. The maximum atomic E-state index is 6.24. The summed E-state index contributed by atoms with van der Waals surface area (Å²) in [6.07, 6.45) is 2.06. The normalized spacial score (nSPS) is 24.6. The molecule has 17 heavy (non-hydrogen) atoms. The SMILES string of the molecule is CCCc1nn(C)c(N2CC(C)C(C)C2)c1N. The van der Waals surface area contributed by atoms with Crippen molar-refractivity contribution in [3.63, 3.8) is 0 Å². The van der Waals surface area contributed by atoms with E-state index < -0.39 is 0 Å². The van der Waals surface area contributed by atoms with Crippen LogP contribution in [0.3, 0.4) is 0 Å². The first-order valence-electron chi connectivity index (χ1n) is 6.60. The summed E-state index contributed by atoms with van der Waals surface area (Å²) < 4.78 is 1.95. The standard InChI is InChI=1S/C13H24N4/c1-5-6-11-12(14)13(16(4)15-11)17-7-9(2)10(3)8-17/h9-10H,5-8,14H2,1-4H3. The lowest BCUT2D eigenvalue weighted by Crippen LogP contribution is -2.23. The number of nitrogens with zero attached hydrogens (tertiary/aromatic N) is 3. The van der Waals surface area contributed by atoms with E-state index in [-0.39, 0.29) is 0 Å². The van der Waals surface area contributed by atoms with Gasteiger partial charge in [0.15, 0.2) is 0 Å². The number of nitrogens with two attached hydrogens (primary N) is 1. The predicted octanol–water partition coefficient (Wildman–Crippen LogP) is 2.05. The van der Waals surface area contributed by atoms with E-state index in [4.69, 9.17) is 5.73 Å². The van der Waals surface area contributed by atoms with E-state index in [1.165, 1.54) is 0 Å². The van der Waals surface area contributed by atoms with Crippen LogP contribution in [-0.4, -0.2) is 22.9 Å². The van der Waals surface area contributed by atoms with Crippen molar-refractivity contribution >= 4 is 11.5 Å². The average Bonchev–Trinajstić information content (AvgIpc) is 2.71. The summed E-state index contributed by atoms with van der Waals surface area (Å²) in [5.41, 5.74) is 8.17. The molecule has 0 amide bonds. The van der Waals surface area contributed by atoms with Gasteiger partial charge in [0.05, 0.1) is 11.4 Å². The summed E-state index contributed by atoms with van der Waals surface area (Å²) >= 11 is 0. The zero-order valence-corrected chi connectivity index (χ0v) is 11.4. The second-order valence-corrected chi connectivity index (χ2v) is 5.42. The first-order chi connectivity index (χ1) is 8.04. The van der Waals surface area contributed by atoms with Gasteiger partial charge in [0, 0.05) is 20.1 Å². The fraction of sp³-hybridized carbons (Fsp3) is 0.769. The molecule has 1 aromatic rings. The number of anilines is 2. The third-order valence-electron chi connectivity index (χ3n) is 3.90. The van der Waals surface area contributed by atoms with Gasteiger partial charge >= 0.3 is 0 Å². The molecule has 2 heterocycles. The smallest absolute Gasteiger partial charge is 0.150 e. The lowest BCUT2D eigenvalue weighted by atomic mass is 10.0. The van der Waals surface area contributed by atoms with E-state index in [0.717, 1.165) is 55.0 Å². The summed E-state index contributed by atoms with van der Waals surface area (Å²) in [6.45, 7) is 8.97. The maximum absolute atomic E-state index is 6.24. The highest BCUT2D eigenvalue weighted by Crippen LogP contribution is 2.33. The Hall–Kier alpha value is -1.19. The Morgan fingerprint density at radius 3 is 2.41 bits per heavy atom. The maximum Gasteiger partial charge on any atom is 0.150 e. The first kappa shape index (κ1) is 12.3. The van der Waals surface area contributed by atoms with Crippen LogP contribution in [0.5, 0.6) is 0 Å². The fourth-order valence-electron chi connectivity index (χ4n) is 2.68. The molecule has 0 radical (unpaired) electrons. The molecule has 4 nitrogen and oxygen atoms in total. The monoisotopic (exact) mass is 236 g/mol. The van der Waals surface area contributed by atoms with Crippen LogP contribution in [0.15, 0.2) is 0 Å². The Morgan fingerprint density at radius 1 is 1.29 bits per heavy atom. The van der Waals surface area contributed by atoms with Crippen LogP contribution in [-0.2, 0) is 13.5 Å². The van der Waals surface area contributed by atoms with Crippen molar-refractivity contribution in [3.8, 4) is 0 Å². The van der Waals surface area contributed by atoms with Gasteiger partial charge < -0.3 is 10.6 Å². The van der Waals surface area contributed by atoms with Gasteiger partial charge in [-0.3, -0.25) is 4.68 Å². The van der Waals surface area contributed by atoms with Gasteiger partial charge in [-0.1, -0.05) is 27.2 Å². The number of rotatable bonds is 3. The molecule has 0 saturated carbocycles. The fourth-order valence-corrected chi connectivity index (χ4v) is 2.68. The van der Waals surface area contributed by atoms with Crippen LogP contribution in [0.25, 0.3) is 0 Å². The van der Waals surface area contributed by atoms with Crippen LogP contribution in [0.2, 0.25) is 0 Å². The van der Waals surface area contributed by atoms with Crippen LogP contribution in [0, 0.1) is 11.8 Å². The second-order valence-electron chi connectivity index (χ2n) is 5.42. The molecule has 0 aromatic carbocycles. The first-order valence-corrected chi connectivity index (χ1v) is 6.60.